The van der Waals surface area contributed by atoms with Crippen molar-refractivity contribution in [2.45, 2.75) is 31.6 Å². The third kappa shape index (κ3) is 3.22. The zero-order valence-electron chi connectivity index (χ0n) is 12.4. The molecule has 0 atom stereocenters. The van der Waals surface area contributed by atoms with E-state index in [1.165, 1.54) is 0 Å². The maximum Gasteiger partial charge on any atom is 0.243 e. The van der Waals surface area contributed by atoms with Gasteiger partial charge in [0.25, 0.3) is 0 Å². The van der Waals surface area contributed by atoms with Crippen LogP contribution in [0.4, 0.5) is 0 Å². The van der Waals surface area contributed by atoms with Crippen LogP contribution in [0.25, 0.3) is 0 Å². The van der Waals surface area contributed by atoms with Crippen molar-refractivity contribution in [2.24, 2.45) is 5.92 Å². The first-order valence-electron chi connectivity index (χ1n) is 7.01. The van der Waals surface area contributed by atoms with Gasteiger partial charge in [0.1, 0.15) is 0 Å². The normalized spacial score (nSPS) is 18.4. The van der Waals surface area contributed by atoms with Gasteiger partial charge in [0, 0.05) is 26.8 Å². The van der Waals surface area contributed by atoms with E-state index in [0.29, 0.717) is 23.9 Å². The number of benzene rings is 1. The summed E-state index contributed by atoms with van der Waals surface area (Å²) in [6.07, 6.45) is 1.75. The van der Waals surface area contributed by atoms with Gasteiger partial charge in [-0.2, -0.15) is 4.31 Å². The van der Waals surface area contributed by atoms with Crippen molar-refractivity contribution in [1.82, 2.24) is 4.31 Å². The summed E-state index contributed by atoms with van der Waals surface area (Å²) in [5.41, 5.74) is 1.79. The zero-order chi connectivity index (χ0) is 14.8. The lowest BCUT2D eigenvalue weighted by Crippen LogP contribution is -2.39. The van der Waals surface area contributed by atoms with Crippen LogP contribution >= 0.6 is 0 Å². The molecule has 0 amide bonds. The molecule has 1 aliphatic heterocycles. The van der Waals surface area contributed by atoms with Crippen LogP contribution in [0, 0.1) is 19.8 Å². The molecular formula is C15H23NO3S. The summed E-state index contributed by atoms with van der Waals surface area (Å²) < 4.78 is 32.2. The second-order valence-corrected chi connectivity index (χ2v) is 7.48. The van der Waals surface area contributed by atoms with E-state index in [0.717, 1.165) is 30.6 Å². The van der Waals surface area contributed by atoms with Crippen molar-refractivity contribution in [3.05, 3.63) is 29.3 Å². The van der Waals surface area contributed by atoms with Crippen molar-refractivity contribution in [2.75, 3.05) is 26.8 Å². The largest absolute Gasteiger partial charge is 0.384 e. The molecule has 1 fully saturated rings. The predicted molar refractivity (Wildman–Crippen MR) is 79.3 cm³/mol. The predicted octanol–water partition coefficient (Wildman–Crippen LogP) is 2.35. The molecule has 0 saturated carbocycles. The van der Waals surface area contributed by atoms with Crippen LogP contribution in [0.1, 0.15) is 24.0 Å². The summed E-state index contributed by atoms with van der Waals surface area (Å²) >= 11 is 0. The number of piperidine rings is 1. The summed E-state index contributed by atoms with van der Waals surface area (Å²) in [4.78, 5) is 0.447. The molecule has 0 spiro atoms. The Balaban J connectivity index is 2.18. The molecule has 0 unspecified atom stereocenters. The molecule has 0 bridgehead atoms. The molecule has 1 saturated heterocycles. The van der Waals surface area contributed by atoms with E-state index in [4.69, 9.17) is 4.74 Å². The molecule has 5 heteroatoms. The summed E-state index contributed by atoms with van der Waals surface area (Å²) in [5.74, 6) is 0.477. The van der Waals surface area contributed by atoms with Crippen LogP contribution in [-0.2, 0) is 14.8 Å². The highest BCUT2D eigenvalue weighted by atomic mass is 32.2. The van der Waals surface area contributed by atoms with Gasteiger partial charge in [0.05, 0.1) is 4.90 Å². The molecule has 1 aromatic carbocycles. The molecule has 1 aliphatic rings. The van der Waals surface area contributed by atoms with Crippen LogP contribution in [0.15, 0.2) is 23.1 Å². The van der Waals surface area contributed by atoms with Gasteiger partial charge in [-0.1, -0.05) is 12.1 Å². The fraction of sp³-hybridized carbons (Fsp3) is 0.600. The van der Waals surface area contributed by atoms with E-state index in [9.17, 15) is 8.42 Å². The van der Waals surface area contributed by atoms with E-state index in [1.807, 2.05) is 26.0 Å². The summed E-state index contributed by atoms with van der Waals surface area (Å²) in [6.45, 7) is 5.66. The second kappa shape index (κ2) is 6.24. The number of sulfonamides is 1. The van der Waals surface area contributed by atoms with Gasteiger partial charge < -0.3 is 4.74 Å². The van der Waals surface area contributed by atoms with Crippen LogP contribution < -0.4 is 0 Å². The quantitative estimate of drug-likeness (QED) is 0.857. The van der Waals surface area contributed by atoms with Gasteiger partial charge in [0.2, 0.25) is 10.0 Å². The number of hydrogen-bond acceptors (Lipinski definition) is 3. The molecule has 1 heterocycles. The lowest BCUT2D eigenvalue weighted by Gasteiger charge is -2.31. The third-order valence-corrected chi connectivity index (χ3v) is 5.98. The summed E-state index contributed by atoms with van der Waals surface area (Å²) in [5, 5.41) is 0. The van der Waals surface area contributed by atoms with E-state index in [1.54, 1.807) is 17.5 Å². The first-order chi connectivity index (χ1) is 9.45. The molecular weight excluding hydrogens is 274 g/mol. The molecule has 1 aromatic rings. The molecule has 112 valence electrons. The average molecular weight is 297 g/mol. The molecule has 0 radical (unpaired) electrons. The maximum atomic E-state index is 12.7. The lowest BCUT2D eigenvalue weighted by molar-refractivity contribution is 0.121. The Bertz CT molecular complexity index is 560. The van der Waals surface area contributed by atoms with Crippen molar-refractivity contribution in [1.29, 1.82) is 0 Å². The van der Waals surface area contributed by atoms with Gasteiger partial charge in [-0.3, -0.25) is 0 Å². The molecule has 0 aromatic heterocycles. The fourth-order valence-electron chi connectivity index (χ4n) is 2.68. The third-order valence-electron chi connectivity index (χ3n) is 3.94. The monoisotopic (exact) mass is 297 g/mol. The van der Waals surface area contributed by atoms with E-state index in [-0.39, 0.29) is 0 Å². The number of aryl methyl sites for hydroxylation is 2. The first-order valence-corrected chi connectivity index (χ1v) is 8.45. The molecule has 2 rings (SSSR count). The van der Waals surface area contributed by atoms with Crippen molar-refractivity contribution in [3.8, 4) is 0 Å². The standard InChI is InChI=1S/C15H23NO3S/c1-12-4-5-13(2)15(10-12)20(17,18)16-8-6-14(7-9-16)11-19-3/h4-5,10,14H,6-9,11H2,1-3H3. The van der Waals surface area contributed by atoms with Crippen LogP contribution in [0.2, 0.25) is 0 Å². The number of nitrogens with zero attached hydrogens (tertiary/aromatic N) is 1. The highest BCUT2D eigenvalue weighted by molar-refractivity contribution is 7.89. The lowest BCUT2D eigenvalue weighted by atomic mass is 9.99. The number of ether oxygens (including phenoxy) is 1. The molecule has 0 aliphatic carbocycles. The minimum Gasteiger partial charge on any atom is -0.384 e. The number of rotatable bonds is 4. The SMILES string of the molecule is COCC1CCN(S(=O)(=O)c2cc(C)ccc2C)CC1. The van der Waals surface area contributed by atoms with Crippen LogP contribution in [0.3, 0.4) is 0 Å². The zero-order valence-corrected chi connectivity index (χ0v) is 13.2. The van der Waals surface area contributed by atoms with Crippen LogP contribution in [-0.4, -0.2) is 39.5 Å². The van der Waals surface area contributed by atoms with Gasteiger partial charge in [-0.05, 0) is 49.8 Å². The Hall–Kier alpha value is -0.910. The Kier molecular flexibility index (Phi) is 4.83. The van der Waals surface area contributed by atoms with Gasteiger partial charge in [-0.25, -0.2) is 8.42 Å². The topological polar surface area (TPSA) is 46.6 Å². The highest BCUT2D eigenvalue weighted by Gasteiger charge is 2.30. The highest BCUT2D eigenvalue weighted by Crippen LogP contribution is 2.26. The van der Waals surface area contributed by atoms with E-state index >= 15 is 0 Å². The fourth-order valence-corrected chi connectivity index (χ4v) is 4.46. The number of hydrogen-bond donors (Lipinski definition) is 0. The van der Waals surface area contributed by atoms with Gasteiger partial charge >= 0.3 is 0 Å². The van der Waals surface area contributed by atoms with Crippen molar-refractivity contribution < 1.29 is 13.2 Å². The first kappa shape index (κ1) is 15.5. The second-order valence-electron chi connectivity index (χ2n) is 5.57. The van der Waals surface area contributed by atoms with Crippen LogP contribution in [0.5, 0.6) is 0 Å². The van der Waals surface area contributed by atoms with Gasteiger partial charge in [-0.15, -0.1) is 0 Å². The van der Waals surface area contributed by atoms with Crippen molar-refractivity contribution >= 4 is 10.0 Å². The smallest absolute Gasteiger partial charge is 0.243 e. The molecule has 4 nitrogen and oxygen atoms in total. The molecule has 0 N–H and O–H groups in total. The summed E-state index contributed by atoms with van der Waals surface area (Å²) in [6, 6.07) is 5.59. The molecule has 20 heavy (non-hydrogen) atoms. The van der Waals surface area contributed by atoms with Crippen molar-refractivity contribution in [3.63, 3.8) is 0 Å². The van der Waals surface area contributed by atoms with Gasteiger partial charge in [0.15, 0.2) is 0 Å². The average Bonchev–Trinajstić information content (AvgIpc) is 2.42. The summed E-state index contributed by atoms with van der Waals surface area (Å²) in [7, 11) is -1.67. The van der Waals surface area contributed by atoms with E-state index < -0.39 is 10.0 Å². The maximum absolute atomic E-state index is 12.7. The minimum atomic E-state index is -3.36. The Labute approximate surface area is 121 Å². The minimum absolute atomic E-state index is 0.447. The Morgan fingerprint density at radius 2 is 1.90 bits per heavy atom. The number of methoxy groups -OCH3 is 1. The Morgan fingerprint density at radius 3 is 2.50 bits per heavy atom. The Morgan fingerprint density at radius 1 is 1.25 bits per heavy atom. The van der Waals surface area contributed by atoms with E-state index in [2.05, 4.69) is 0 Å².